The molecule has 2 N–H and O–H groups in total. The van der Waals surface area contributed by atoms with E-state index >= 15 is 0 Å². The molecule has 2 aromatic rings. The Morgan fingerprint density at radius 3 is 3.00 bits per heavy atom. The van der Waals surface area contributed by atoms with E-state index in [4.69, 9.17) is 10.5 Å². The van der Waals surface area contributed by atoms with Crippen molar-refractivity contribution in [2.75, 3.05) is 6.61 Å². The summed E-state index contributed by atoms with van der Waals surface area (Å²) in [6, 6.07) is 3.66. The van der Waals surface area contributed by atoms with Crippen LogP contribution in [0.4, 0.5) is 0 Å². The number of nitrogens with two attached hydrogens (primary N) is 1. The van der Waals surface area contributed by atoms with Crippen LogP contribution in [-0.4, -0.2) is 26.4 Å². The topological polar surface area (TPSA) is 78.8 Å². The number of rotatable bonds is 4. The molecule has 0 unspecified atom stereocenters. The highest BCUT2D eigenvalue weighted by Gasteiger charge is 2.08. The quantitative estimate of drug-likeness (QED) is 0.811. The fourth-order valence-electron chi connectivity index (χ4n) is 1.32. The highest BCUT2D eigenvalue weighted by Crippen LogP contribution is 2.18. The summed E-state index contributed by atoms with van der Waals surface area (Å²) in [7, 11) is 0. The second-order valence-corrected chi connectivity index (χ2v) is 3.07. The summed E-state index contributed by atoms with van der Waals surface area (Å²) in [4.78, 5) is 8.25. The van der Waals surface area contributed by atoms with Crippen LogP contribution in [0.15, 0.2) is 24.7 Å². The molecule has 0 saturated heterocycles. The molecule has 0 aliphatic rings. The van der Waals surface area contributed by atoms with E-state index in [0.717, 1.165) is 0 Å². The molecule has 2 aromatic heterocycles. The zero-order valence-corrected chi connectivity index (χ0v) is 9.00. The Kier molecular flexibility index (Phi) is 3.11. The van der Waals surface area contributed by atoms with Gasteiger partial charge in [-0.15, -0.1) is 5.10 Å². The zero-order valence-electron chi connectivity index (χ0n) is 9.00. The molecule has 84 valence electrons. The van der Waals surface area contributed by atoms with Crippen LogP contribution in [0.25, 0.3) is 5.82 Å². The molecule has 16 heavy (non-hydrogen) atoms. The first-order valence-corrected chi connectivity index (χ1v) is 5.04. The van der Waals surface area contributed by atoms with Crippen LogP contribution in [0.5, 0.6) is 5.75 Å². The maximum atomic E-state index is 5.45. The normalized spacial score (nSPS) is 10.4. The van der Waals surface area contributed by atoms with Gasteiger partial charge in [0.2, 0.25) is 0 Å². The molecular weight excluding hydrogens is 206 g/mol. The molecule has 2 heterocycles. The lowest BCUT2D eigenvalue weighted by molar-refractivity contribution is 0.336. The van der Waals surface area contributed by atoms with Gasteiger partial charge in [-0.05, 0) is 19.1 Å². The molecule has 6 nitrogen and oxygen atoms in total. The van der Waals surface area contributed by atoms with Crippen molar-refractivity contribution in [1.82, 2.24) is 19.7 Å². The third-order valence-corrected chi connectivity index (χ3v) is 1.99. The van der Waals surface area contributed by atoms with Crippen molar-refractivity contribution in [2.45, 2.75) is 13.5 Å². The largest absolute Gasteiger partial charge is 0.490 e. The zero-order chi connectivity index (χ0) is 11.4. The van der Waals surface area contributed by atoms with Gasteiger partial charge in [-0.25, -0.2) is 9.97 Å². The van der Waals surface area contributed by atoms with E-state index in [0.29, 0.717) is 30.5 Å². The Labute approximate surface area is 93.1 Å². The van der Waals surface area contributed by atoms with E-state index in [1.54, 1.807) is 17.2 Å². The first kappa shape index (κ1) is 10.6. The van der Waals surface area contributed by atoms with Crippen molar-refractivity contribution >= 4 is 0 Å². The highest BCUT2D eigenvalue weighted by atomic mass is 16.5. The second kappa shape index (κ2) is 4.71. The maximum Gasteiger partial charge on any atom is 0.197 e. The average molecular weight is 219 g/mol. The van der Waals surface area contributed by atoms with Crippen molar-refractivity contribution in [3.8, 4) is 11.6 Å². The van der Waals surface area contributed by atoms with Gasteiger partial charge < -0.3 is 10.5 Å². The molecule has 0 saturated carbocycles. The molecule has 0 radical (unpaired) electrons. The lowest BCUT2D eigenvalue weighted by atomic mass is 10.4. The average Bonchev–Trinajstić information content (AvgIpc) is 2.79. The Bertz CT molecular complexity index is 468. The Hall–Kier alpha value is -1.95. The lowest BCUT2D eigenvalue weighted by Gasteiger charge is -2.07. The summed E-state index contributed by atoms with van der Waals surface area (Å²) in [6.07, 6.45) is 3.26. The van der Waals surface area contributed by atoms with Crippen molar-refractivity contribution in [3.63, 3.8) is 0 Å². The standard InChI is InChI=1S/C10H13N5O/c1-2-16-8-4-3-5-12-10(8)15-7-13-9(6-11)14-15/h3-5,7H,2,6,11H2,1H3. The molecule has 0 atom stereocenters. The van der Waals surface area contributed by atoms with Crippen LogP contribution >= 0.6 is 0 Å². The van der Waals surface area contributed by atoms with Crippen LogP contribution in [-0.2, 0) is 6.54 Å². The van der Waals surface area contributed by atoms with Gasteiger partial charge >= 0.3 is 0 Å². The van der Waals surface area contributed by atoms with Crippen molar-refractivity contribution < 1.29 is 4.74 Å². The predicted molar refractivity (Wildman–Crippen MR) is 58.2 cm³/mol. The number of hydrogen-bond donors (Lipinski definition) is 1. The number of aromatic nitrogens is 4. The fraction of sp³-hybridized carbons (Fsp3) is 0.300. The van der Waals surface area contributed by atoms with E-state index in [-0.39, 0.29) is 0 Å². The molecule has 0 bridgehead atoms. The predicted octanol–water partition coefficient (Wildman–Crippen LogP) is 0.520. The van der Waals surface area contributed by atoms with Crippen molar-refractivity contribution in [1.29, 1.82) is 0 Å². The van der Waals surface area contributed by atoms with Crippen LogP contribution in [0, 0.1) is 0 Å². The van der Waals surface area contributed by atoms with Crippen LogP contribution < -0.4 is 10.5 Å². The molecule has 0 fully saturated rings. The van der Waals surface area contributed by atoms with Gasteiger partial charge in [-0.2, -0.15) is 4.68 Å². The number of pyridine rings is 1. The molecular formula is C10H13N5O. The van der Waals surface area contributed by atoms with Gasteiger partial charge in [0.05, 0.1) is 13.2 Å². The van der Waals surface area contributed by atoms with Crippen LogP contribution in [0.2, 0.25) is 0 Å². The van der Waals surface area contributed by atoms with Crippen LogP contribution in [0.1, 0.15) is 12.7 Å². The van der Waals surface area contributed by atoms with E-state index < -0.39 is 0 Å². The molecule has 6 heteroatoms. The molecule has 0 amide bonds. The molecule has 0 aliphatic heterocycles. The fourth-order valence-corrected chi connectivity index (χ4v) is 1.32. The first-order valence-electron chi connectivity index (χ1n) is 5.04. The molecule has 2 rings (SSSR count). The van der Waals surface area contributed by atoms with E-state index in [2.05, 4.69) is 15.1 Å². The molecule has 0 aliphatic carbocycles. The lowest BCUT2D eigenvalue weighted by Crippen LogP contribution is -2.05. The van der Waals surface area contributed by atoms with Gasteiger partial charge in [0.1, 0.15) is 6.33 Å². The number of nitrogens with zero attached hydrogens (tertiary/aromatic N) is 4. The van der Waals surface area contributed by atoms with Gasteiger partial charge in [-0.3, -0.25) is 0 Å². The van der Waals surface area contributed by atoms with Gasteiger partial charge in [-0.1, -0.05) is 0 Å². The third kappa shape index (κ3) is 2.01. The Morgan fingerprint density at radius 2 is 2.31 bits per heavy atom. The van der Waals surface area contributed by atoms with Crippen LogP contribution in [0.3, 0.4) is 0 Å². The minimum atomic E-state index is 0.309. The first-order chi connectivity index (χ1) is 7.85. The van der Waals surface area contributed by atoms with Gasteiger partial charge in [0, 0.05) is 6.20 Å². The molecule has 0 spiro atoms. The Balaban J connectivity index is 2.38. The maximum absolute atomic E-state index is 5.45. The summed E-state index contributed by atoms with van der Waals surface area (Å²) in [5.41, 5.74) is 5.45. The van der Waals surface area contributed by atoms with E-state index in [9.17, 15) is 0 Å². The summed E-state index contributed by atoms with van der Waals surface area (Å²) >= 11 is 0. The SMILES string of the molecule is CCOc1cccnc1-n1cnc(CN)n1. The number of hydrogen-bond acceptors (Lipinski definition) is 5. The van der Waals surface area contributed by atoms with Crippen molar-refractivity contribution in [3.05, 3.63) is 30.5 Å². The summed E-state index contributed by atoms with van der Waals surface area (Å²) in [5, 5.41) is 4.18. The number of ether oxygens (including phenoxy) is 1. The highest BCUT2D eigenvalue weighted by molar-refractivity contribution is 5.38. The minimum Gasteiger partial charge on any atom is -0.490 e. The summed E-state index contributed by atoms with van der Waals surface area (Å²) < 4.78 is 7.01. The minimum absolute atomic E-state index is 0.309. The summed E-state index contributed by atoms with van der Waals surface area (Å²) in [5.74, 6) is 1.88. The Morgan fingerprint density at radius 1 is 1.44 bits per heavy atom. The monoisotopic (exact) mass is 219 g/mol. The van der Waals surface area contributed by atoms with E-state index in [1.807, 2.05) is 19.1 Å². The third-order valence-electron chi connectivity index (χ3n) is 1.99. The van der Waals surface area contributed by atoms with Crippen molar-refractivity contribution in [2.24, 2.45) is 5.73 Å². The smallest absolute Gasteiger partial charge is 0.197 e. The second-order valence-electron chi connectivity index (χ2n) is 3.07. The summed E-state index contributed by atoms with van der Waals surface area (Å²) in [6.45, 7) is 2.81. The van der Waals surface area contributed by atoms with Gasteiger partial charge in [0.25, 0.3) is 0 Å². The van der Waals surface area contributed by atoms with Gasteiger partial charge in [0.15, 0.2) is 17.4 Å². The van der Waals surface area contributed by atoms with E-state index in [1.165, 1.54) is 0 Å². The molecule has 0 aromatic carbocycles.